The lowest BCUT2D eigenvalue weighted by Gasteiger charge is -2.27. The highest BCUT2D eigenvalue weighted by atomic mass is 32.2. The standard InChI is InChI=1S/C16H24N2O2S/c1-12(2)15-6-4-5-7-16(15)17-18-21(19,20)14-10-8-13(3)9-11-14/h8-12,15,18H,4-7H2,1-3H3/b17-16+. The fraction of sp³-hybridized carbons (Fsp3) is 0.562. The Bertz CT molecular complexity index is 604. The number of nitrogens with one attached hydrogen (secondary N) is 1. The Labute approximate surface area is 127 Å². The summed E-state index contributed by atoms with van der Waals surface area (Å²) >= 11 is 0. The molecule has 1 fully saturated rings. The Morgan fingerprint density at radius 2 is 1.86 bits per heavy atom. The van der Waals surface area contributed by atoms with E-state index in [0.29, 0.717) is 11.8 Å². The number of hydrogen-bond acceptors (Lipinski definition) is 3. The smallest absolute Gasteiger partial charge is 0.200 e. The van der Waals surface area contributed by atoms with Gasteiger partial charge in [0, 0.05) is 11.6 Å². The molecule has 0 bridgehead atoms. The first-order valence-electron chi connectivity index (χ1n) is 7.55. The summed E-state index contributed by atoms with van der Waals surface area (Å²) in [6, 6.07) is 6.80. The van der Waals surface area contributed by atoms with Crippen LogP contribution < -0.4 is 4.83 Å². The van der Waals surface area contributed by atoms with Gasteiger partial charge in [0.05, 0.1) is 4.90 Å². The molecule has 0 heterocycles. The van der Waals surface area contributed by atoms with Gasteiger partial charge < -0.3 is 0 Å². The highest BCUT2D eigenvalue weighted by Gasteiger charge is 2.24. The molecule has 0 spiro atoms. The maximum Gasteiger partial charge on any atom is 0.276 e. The Hall–Kier alpha value is -1.36. The quantitative estimate of drug-likeness (QED) is 0.866. The van der Waals surface area contributed by atoms with Crippen molar-refractivity contribution in [3.8, 4) is 0 Å². The number of hydrogen-bond donors (Lipinski definition) is 1. The molecule has 1 aliphatic carbocycles. The average molecular weight is 308 g/mol. The summed E-state index contributed by atoms with van der Waals surface area (Å²) in [6.07, 6.45) is 4.28. The first-order chi connectivity index (χ1) is 9.90. The van der Waals surface area contributed by atoms with Gasteiger partial charge in [-0.15, -0.1) is 0 Å². The van der Waals surface area contributed by atoms with E-state index in [9.17, 15) is 8.42 Å². The number of nitrogens with zero attached hydrogens (tertiary/aromatic N) is 1. The number of benzene rings is 1. The second kappa shape index (κ2) is 6.60. The SMILES string of the molecule is Cc1ccc(S(=O)(=O)N/N=C2\CCCCC2C(C)C)cc1. The lowest BCUT2D eigenvalue weighted by molar-refractivity contribution is 0.414. The summed E-state index contributed by atoms with van der Waals surface area (Å²) in [5.41, 5.74) is 2.03. The van der Waals surface area contributed by atoms with Crippen LogP contribution in [0.1, 0.15) is 45.1 Å². The third-order valence-electron chi connectivity index (χ3n) is 4.07. The zero-order chi connectivity index (χ0) is 15.5. The number of sulfonamides is 1. The fourth-order valence-electron chi connectivity index (χ4n) is 2.77. The molecule has 0 aliphatic heterocycles. The van der Waals surface area contributed by atoms with Gasteiger partial charge in [-0.25, -0.2) is 4.83 Å². The van der Waals surface area contributed by atoms with E-state index in [0.717, 1.165) is 30.5 Å². The second-order valence-corrected chi connectivity index (χ2v) is 7.77. The van der Waals surface area contributed by atoms with Crippen LogP contribution in [0, 0.1) is 18.8 Å². The maximum atomic E-state index is 12.2. The average Bonchev–Trinajstić information content (AvgIpc) is 2.46. The van der Waals surface area contributed by atoms with Gasteiger partial charge in [0.25, 0.3) is 10.0 Å². The van der Waals surface area contributed by atoms with Crippen molar-refractivity contribution < 1.29 is 8.42 Å². The summed E-state index contributed by atoms with van der Waals surface area (Å²) < 4.78 is 24.5. The first-order valence-corrected chi connectivity index (χ1v) is 9.03. The number of rotatable bonds is 4. The summed E-state index contributed by atoms with van der Waals surface area (Å²) in [7, 11) is -3.56. The van der Waals surface area contributed by atoms with Crippen molar-refractivity contribution in [3.05, 3.63) is 29.8 Å². The minimum absolute atomic E-state index is 0.259. The minimum Gasteiger partial charge on any atom is -0.200 e. The van der Waals surface area contributed by atoms with Crippen LogP contribution in [0.5, 0.6) is 0 Å². The second-order valence-electron chi connectivity index (χ2n) is 6.11. The minimum atomic E-state index is -3.56. The van der Waals surface area contributed by atoms with Gasteiger partial charge in [0.2, 0.25) is 0 Å². The van der Waals surface area contributed by atoms with E-state index in [4.69, 9.17) is 0 Å². The Balaban J connectivity index is 2.16. The lowest BCUT2D eigenvalue weighted by atomic mass is 9.80. The van der Waals surface area contributed by atoms with Gasteiger partial charge in [-0.3, -0.25) is 0 Å². The van der Waals surface area contributed by atoms with Gasteiger partial charge in [-0.2, -0.15) is 13.5 Å². The van der Waals surface area contributed by atoms with Gasteiger partial charge in [0.1, 0.15) is 0 Å². The molecule has 0 amide bonds. The molecule has 1 atom stereocenters. The monoisotopic (exact) mass is 308 g/mol. The van der Waals surface area contributed by atoms with E-state index in [2.05, 4.69) is 23.8 Å². The predicted molar refractivity (Wildman–Crippen MR) is 85.7 cm³/mol. The zero-order valence-electron chi connectivity index (χ0n) is 13.0. The van der Waals surface area contributed by atoms with E-state index in [1.807, 2.05) is 6.92 Å². The molecule has 1 N–H and O–H groups in total. The van der Waals surface area contributed by atoms with Crippen LogP contribution in [0.3, 0.4) is 0 Å². The third kappa shape index (κ3) is 4.06. The molecule has 1 aromatic carbocycles. The molecule has 1 aliphatic rings. The number of aryl methyl sites for hydroxylation is 1. The first kappa shape index (κ1) is 16.0. The topological polar surface area (TPSA) is 58.5 Å². The molecule has 116 valence electrons. The van der Waals surface area contributed by atoms with Crippen LogP contribution in [-0.4, -0.2) is 14.1 Å². The van der Waals surface area contributed by atoms with E-state index in [1.54, 1.807) is 24.3 Å². The molecule has 4 nitrogen and oxygen atoms in total. The molecule has 0 radical (unpaired) electrons. The van der Waals surface area contributed by atoms with Gasteiger partial charge in [-0.1, -0.05) is 38.0 Å². The maximum absolute atomic E-state index is 12.2. The Morgan fingerprint density at radius 3 is 2.48 bits per heavy atom. The summed E-state index contributed by atoms with van der Waals surface area (Å²) in [5.74, 6) is 0.882. The van der Waals surface area contributed by atoms with Gasteiger partial charge in [0.15, 0.2) is 0 Å². The summed E-state index contributed by atoms with van der Waals surface area (Å²) in [6.45, 7) is 6.26. The summed E-state index contributed by atoms with van der Waals surface area (Å²) in [4.78, 5) is 2.67. The highest BCUT2D eigenvalue weighted by Crippen LogP contribution is 2.27. The largest absolute Gasteiger partial charge is 0.276 e. The molecule has 1 saturated carbocycles. The Kier molecular flexibility index (Phi) is 5.04. The van der Waals surface area contributed by atoms with Crippen molar-refractivity contribution in [2.75, 3.05) is 0 Å². The Morgan fingerprint density at radius 1 is 1.19 bits per heavy atom. The van der Waals surface area contributed by atoms with Crippen LogP contribution in [0.2, 0.25) is 0 Å². The highest BCUT2D eigenvalue weighted by molar-refractivity contribution is 7.89. The molecule has 0 saturated heterocycles. The van der Waals surface area contributed by atoms with Crippen molar-refractivity contribution in [3.63, 3.8) is 0 Å². The molecule has 5 heteroatoms. The van der Waals surface area contributed by atoms with Crippen LogP contribution in [0.25, 0.3) is 0 Å². The summed E-state index contributed by atoms with van der Waals surface area (Å²) in [5, 5.41) is 4.24. The zero-order valence-corrected chi connectivity index (χ0v) is 13.8. The van der Waals surface area contributed by atoms with Crippen molar-refractivity contribution in [1.82, 2.24) is 4.83 Å². The van der Waals surface area contributed by atoms with E-state index in [-0.39, 0.29) is 4.90 Å². The molecule has 1 unspecified atom stereocenters. The van der Waals surface area contributed by atoms with Crippen molar-refractivity contribution in [1.29, 1.82) is 0 Å². The molecular formula is C16H24N2O2S. The molecule has 1 aromatic rings. The molecule has 0 aromatic heterocycles. The normalized spacial score (nSPS) is 21.7. The fourth-order valence-corrected chi connectivity index (χ4v) is 3.61. The van der Waals surface area contributed by atoms with Gasteiger partial charge >= 0.3 is 0 Å². The van der Waals surface area contributed by atoms with Crippen LogP contribution in [-0.2, 0) is 10.0 Å². The van der Waals surface area contributed by atoms with Crippen LogP contribution in [0.15, 0.2) is 34.3 Å². The van der Waals surface area contributed by atoms with Crippen LogP contribution in [0.4, 0.5) is 0 Å². The lowest BCUT2D eigenvalue weighted by Crippen LogP contribution is -2.28. The molecule has 21 heavy (non-hydrogen) atoms. The van der Waals surface area contributed by atoms with E-state index < -0.39 is 10.0 Å². The van der Waals surface area contributed by atoms with E-state index in [1.165, 1.54) is 6.42 Å². The third-order valence-corrected chi connectivity index (χ3v) is 5.30. The van der Waals surface area contributed by atoms with Gasteiger partial charge in [-0.05, 0) is 44.2 Å². The molecule has 2 rings (SSSR count). The van der Waals surface area contributed by atoms with Crippen molar-refractivity contribution >= 4 is 15.7 Å². The van der Waals surface area contributed by atoms with Crippen LogP contribution >= 0.6 is 0 Å². The van der Waals surface area contributed by atoms with Crippen molar-refractivity contribution in [2.45, 2.75) is 51.3 Å². The predicted octanol–water partition coefficient (Wildman–Crippen LogP) is 3.48. The number of hydrazone groups is 1. The molecular weight excluding hydrogens is 284 g/mol. The van der Waals surface area contributed by atoms with Crippen molar-refractivity contribution in [2.24, 2.45) is 16.9 Å². The van der Waals surface area contributed by atoms with E-state index >= 15 is 0 Å².